The Balaban J connectivity index is 0.00000450. The van der Waals surface area contributed by atoms with Crippen LogP contribution in [-0.2, 0) is 27.4 Å². The number of aromatic nitrogens is 1. The normalized spacial score (nSPS) is 12.0. The van der Waals surface area contributed by atoms with E-state index in [0.717, 1.165) is 17.8 Å². The summed E-state index contributed by atoms with van der Waals surface area (Å²) >= 11 is 0.795. The van der Waals surface area contributed by atoms with Crippen LogP contribution in [0.3, 0.4) is 0 Å². The van der Waals surface area contributed by atoms with Crippen molar-refractivity contribution in [2.75, 3.05) is 19.4 Å². The SMILES string of the molecule is CCc1ccc(S(=O)(=O)NCCSc2ncccc2C(F)(F)F)cc1C(=O)OC.[HH]. The van der Waals surface area contributed by atoms with Crippen LogP contribution in [0.4, 0.5) is 13.2 Å². The summed E-state index contributed by atoms with van der Waals surface area (Å²) < 4.78 is 70.8. The van der Waals surface area contributed by atoms with E-state index < -0.39 is 27.7 Å². The average Bonchev–Trinajstić information content (AvgIpc) is 2.69. The molecule has 0 fully saturated rings. The minimum atomic E-state index is -4.54. The van der Waals surface area contributed by atoms with Gasteiger partial charge in [-0.05, 0) is 36.2 Å². The Hall–Kier alpha value is -2.11. The molecular formula is C18H21F3N2O4S2. The van der Waals surface area contributed by atoms with E-state index in [-0.39, 0.29) is 29.2 Å². The lowest BCUT2D eigenvalue weighted by Crippen LogP contribution is -2.26. The van der Waals surface area contributed by atoms with Gasteiger partial charge < -0.3 is 4.74 Å². The number of ether oxygens (including phenoxy) is 1. The minimum Gasteiger partial charge on any atom is -0.465 e. The number of hydrogen-bond donors (Lipinski definition) is 1. The second-order valence-corrected chi connectivity index (χ2v) is 8.61. The van der Waals surface area contributed by atoms with E-state index in [4.69, 9.17) is 0 Å². The Bertz CT molecular complexity index is 986. The van der Waals surface area contributed by atoms with E-state index in [1.165, 1.54) is 37.6 Å². The molecule has 1 aromatic heterocycles. The van der Waals surface area contributed by atoms with E-state index in [2.05, 4.69) is 14.4 Å². The molecule has 1 N–H and O–H groups in total. The van der Waals surface area contributed by atoms with Crippen LogP contribution in [0.2, 0.25) is 0 Å². The number of nitrogens with one attached hydrogen (secondary N) is 1. The molecule has 0 spiro atoms. The first kappa shape index (κ1) is 23.2. The Morgan fingerprint density at radius 2 is 2.03 bits per heavy atom. The maximum atomic E-state index is 13.0. The second-order valence-electron chi connectivity index (χ2n) is 5.76. The highest BCUT2D eigenvalue weighted by Crippen LogP contribution is 2.35. The van der Waals surface area contributed by atoms with E-state index in [9.17, 15) is 26.4 Å². The van der Waals surface area contributed by atoms with Gasteiger partial charge in [-0.1, -0.05) is 13.0 Å². The zero-order valence-corrected chi connectivity index (χ0v) is 17.2. The van der Waals surface area contributed by atoms with Crippen molar-refractivity contribution < 1.29 is 32.5 Å². The summed E-state index contributed by atoms with van der Waals surface area (Å²) in [4.78, 5) is 15.4. The Morgan fingerprint density at radius 1 is 1.31 bits per heavy atom. The van der Waals surface area contributed by atoms with Gasteiger partial charge in [0.05, 0.1) is 23.1 Å². The molecule has 1 heterocycles. The largest absolute Gasteiger partial charge is 0.465 e. The fourth-order valence-electron chi connectivity index (χ4n) is 2.46. The number of hydrogen-bond acceptors (Lipinski definition) is 6. The third-order valence-electron chi connectivity index (χ3n) is 3.89. The van der Waals surface area contributed by atoms with Crippen molar-refractivity contribution in [2.45, 2.75) is 29.4 Å². The molecule has 0 atom stereocenters. The number of carbonyl (C=O) groups excluding carboxylic acids is 1. The predicted molar refractivity (Wildman–Crippen MR) is 104 cm³/mol. The first-order valence-corrected chi connectivity index (χ1v) is 10.9. The monoisotopic (exact) mass is 450 g/mol. The molecule has 0 amide bonds. The molecule has 1 aromatic carbocycles. The number of thioether (sulfide) groups is 1. The number of pyridine rings is 1. The summed E-state index contributed by atoms with van der Waals surface area (Å²) in [6.07, 6.45) is -2.78. The molecule has 2 aromatic rings. The van der Waals surface area contributed by atoms with Gasteiger partial charge in [0.2, 0.25) is 10.0 Å². The lowest BCUT2D eigenvalue weighted by molar-refractivity contribution is -0.140. The van der Waals surface area contributed by atoms with E-state index >= 15 is 0 Å². The summed E-state index contributed by atoms with van der Waals surface area (Å²) in [6, 6.07) is 6.22. The number of aryl methyl sites for hydroxylation is 1. The van der Waals surface area contributed by atoms with E-state index in [0.29, 0.717) is 12.0 Å². The summed E-state index contributed by atoms with van der Waals surface area (Å²) in [5.74, 6) is -0.611. The Morgan fingerprint density at radius 3 is 2.66 bits per heavy atom. The smallest absolute Gasteiger partial charge is 0.419 e. The number of esters is 1. The van der Waals surface area contributed by atoms with Gasteiger partial charge in [-0.3, -0.25) is 0 Å². The van der Waals surface area contributed by atoms with Crippen molar-refractivity contribution >= 4 is 27.8 Å². The molecule has 0 unspecified atom stereocenters. The molecule has 11 heteroatoms. The Kier molecular flexibility index (Phi) is 7.66. The van der Waals surface area contributed by atoms with Gasteiger partial charge >= 0.3 is 12.1 Å². The van der Waals surface area contributed by atoms with Gasteiger partial charge in [-0.25, -0.2) is 22.9 Å². The highest BCUT2D eigenvalue weighted by atomic mass is 32.2. The highest BCUT2D eigenvalue weighted by molar-refractivity contribution is 7.99. The Labute approximate surface area is 172 Å². The molecule has 0 aliphatic rings. The molecule has 0 bridgehead atoms. The molecule has 0 aliphatic heterocycles. The van der Waals surface area contributed by atoms with Crippen LogP contribution in [0, 0.1) is 0 Å². The summed E-state index contributed by atoms with van der Waals surface area (Å²) in [7, 11) is -2.76. The van der Waals surface area contributed by atoms with Gasteiger partial charge in [0.25, 0.3) is 0 Å². The van der Waals surface area contributed by atoms with Crippen LogP contribution >= 0.6 is 11.8 Å². The number of alkyl halides is 3. The van der Waals surface area contributed by atoms with Crippen LogP contribution in [-0.4, -0.2) is 38.8 Å². The van der Waals surface area contributed by atoms with Gasteiger partial charge in [0.1, 0.15) is 5.03 Å². The molecular weight excluding hydrogens is 429 g/mol. The van der Waals surface area contributed by atoms with Crippen LogP contribution in [0.25, 0.3) is 0 Å². The predicted octanol–water partition coefficient (Wildman–Crippen LogP) is 3.77. The van der Waals surface area contributed by atoms with Crippen LogP contribution in [0.5, 0.6) is 0 Å². The van der Waals surface area contributed by atoms with Crippen molar-refractivity contribution in [3.05, 3.63) is 53.2 Å². The molecule has 0 saturated carbocycles. The van der Waals surface area contributed by atoms with Crippen molar-refractivity contribution in [3.8, 4) is 0 Å². The summed E-state index contributed by atoms with van der Waals surface area (Å²) in [5.41, 5.74) is -0.0810. The molecule has 0 aliphatic carbocycles. The first-order valence-electron chi connectivity index (χ1n) is 8.46. The van der Waals surface area contributed by atoms with Crippen LogP contribution in [0.15, 0.2) is 46.5 Å². The molecule has 29 heavy (non-hydrogen) atoms. The zero-order chi connectivity index (χ0) is 21.7. The molecule has 0 saturated heterocycles. The minimum absolute atomic E-state index is 0. The van der Waals surface area contributed by atoms with Gasteiger partial charge in [0, 0.05) is 19.9 Å². The summed E-state index contributed by atoms with van der Waals surface area (Å²) in [6.45, 7) is 1.70. The number of sulfonamides is 1. The van der Waals surface area contributed by atoms with E-state index in [1.807, 2.05) is 6.92 Å². The number of methoxy groups -OCH3 is 1. The third kappa shape index (κ3) is 5.94. The molecule has 160 valence electrons. The van der Waals surface area contributed by atoms with Gasteiger partial charge in [-0.15, -0.1) is 11.8 Å². The molecule has 6 nitrogen and oxygen atoms in total. The number of nitrogens with zero attached hydrogens (tertiary/aromatic N) is 1. The van der Waals surface area contributed by atoms with Crippen LogP contribution in [0.1, 0.15) is 29.8 Å². The van der Waals surface area contributed by atoms with Crippen molar-refractivity contribution in [3.63, 3.8) is 0 Å². The number of carbonyl (C=O) groups is 1. The lowest BCUT2D eigenvalue weighted by Gasteiger charge is -2.12. The molecule has 2 rings (SSSR count). The maximum absolute atomic E-state index is 13.0. The first-order chi connectivity index (χ1) is 13.6. The van der Waals surface area contributed by atoms with Crippen molar-refractivity contribution in [2.24, 2.45) is 0 Å². The summed E-state index contributed by atoms with van der Waals surface area (Å²) in [5, 5.41) is -0.223. The second kappa shape index (κ2) is 9.59. The fourth-order valence-corrected chi connectivity index (χ4v) is 4.52. The fraction of sp³-hybridized carbons (Fsp3) is 0.333. The number of benzene rings is 1. The highest BCUT2D eigenvalue weighted by Gasteiger charge is 2.34. The number of rotatable bonds is 8. The third-order valence-corrected chi connectivity index (χ3v) is 6.35. The van der Waals surface area contributed by atoms with Crippen LogP contribution < -0.4 is 4.72 Å². The number of halogens is 3. The quantitative estimate of drug-likeness (QED) is 0.374. The van der Waals surface area contributed by atoms with E-state index in [1.54, 1.807) is 0 Å². The zero-order valence-electron chi connectivity index (χ0n) is 15.6. The average molecular weight is 451 g/mol. The van der Waals surface area contributed by atoms with Crippen molar-refractivity contribution in [1.29, 1.82) is 0 Å². The molecule has 0 radical (unpaired) electrons. The van der Waals surface area contributed by atoms with Crippen molar-refractivity contribution in [1.82, 2.24) is 9.71 Å². The maximum Gasteiger partial charge on any atom is 0.419 e. The topological polar surface area (TPSA) is 85.4 Å². The standard InChI is InChI=1S/C18H19F3N2O4S2.H2/c1-3-12-6-7-13(11-14(12)17(24)27-2)29(25,26)23-9-10-28-16-15(18(19,20)21)5-4-8-22-16;/h4-8,11,23H,3,9-10H2,1-2H3;1H. The van der Waals surface area contributed by atoms with Gasteiger partial charge in [0.15, 0.2) is 0 Å². The van der Waals surface area contributed by atoms with Gasteiger partial charge in [-0.2, -0.15) is 13.2 Å². The lowest BCUT2D eigenvalue weighted by atomic mass is 10.1.